The Morgan fingerprint density at radius 3 is 2.08 bits per heavy atom. The lowest BCUT2D eigenvalue weighted by Crippen LogP contribution is -2.39. The first-order valence-corrected chi connectivity index (χ1v) is 16.1. The molecule has 1 saturated carbocycles. The molecule has 1 aromatic heterocycles. The third-order valence-electron chi connectivity index (χ3n) is 7.86. The summed E-state index contributed by atoms with van der Waals surface area (Å²) in [6, 6.07) is 15.1. The van der Waals surface area contributed by atoms with E-state index in [1.807, 2.05) is 12.1 Å². The van der Waals surface area contributed by atoms with Crippen molar-refractivity contribution in [2.75, 3.05) is 49.7 Å². The van der Waals surface area contributed by atoms with E-state index in [2.05, 4.69) is 30.9 Å². The normalized spacial score (nSPS) is 13.2. The summed E-state index contributed by atoms with van der Waals surface area (Å²) in [5.41, 5.74) is 0.882. The van der Waals surface area contributed by atoms with Crippen LogP contribution in [0.1, 0.15) is 35.2 Å². The van der Waals surface area contributed by atoms with Gasteiger partial charge in [-0.25, -0.2) is 8.78 Å². The van der Waals surface area contributed by atoms with Gasteiger partial charge in [0, 0.05) is 55.2 Å². The van der Waals surface area contributed by atoms with Crippen LogP contribution in [0.2, 0.25) is 5.02 Å². The Morgan fingerprint density at radius 1 is 0.846 bits per heavy atom. The molecule has 12 nitrogen and oxygen atoms in total. The van der Waals surface area contributed by atoms with Crippen LogP contribution in [0, 0.1) is 11.6 Å². The lowest BCUT2D eigenvalue weighted by molar-refractivity contribution is -0.154. The van der Waals surface area contributed by atoms with E-state index in [1.54, 1.807) is 31.3 Å². The predicted molar refractivity (Wildman–Crippen MR) is 181 cm³/mol. The van der Waals surface area contributed by atoms with Crippen molar-refractivity contribution in [1.82, 2.24) is 24.8 Å². The Morgan fingerprint density at radius 2 is 1.46 bits per heavy atom. The minimum Gasteiger partial charge on any atom is -0.454 e. The number of ether oxygens (including phenoxy) is 1. The van der Waals surface area contributed by atoms with E-state index in [0.29, 0.717) is 28.8 Å². The average Bonchev–Trinajstić information content (AvgIpc) is 3.86. The smallest absolute Gasteiger partial charge is 0.422 e. The Kier molecular flexibility index (Phi) is 11.4. The van der Waals surface area contributed by atoms with Gasteiger partial charge in [0.25, 0.3) is 5.91 Å². The van der Waals surface area contributed by atoms with Gasteiger partial charge in [-0.05, 0) is 73.4 Å². The van der Waals surface area contributed by atoms with Crippen LogP contribution in [0.3, 0.4) is 0 Å². The number of carbonyl (C=O) groups excluding carboxylic acids is 3. The third-order valence-corrected chi connectivity index (χ3v) is 8.11. The second kappa shape index (κ2) is 15.8. The first-order valence-electron chi connectivity index (χ1n) is 15.7. The van der Waals surface area contributed by atoms with Crippen molar-refractivity contribution in [3.63, 3.8) is 0 Å². The summed E-state index contributed by atoms with van der Waals surface area (Å²) in [6.07, 6.45) is -2.87. The molecule has 5 rings (SSSR count). The fourth-order valence-corrected chi connectivity index (χ4v) is 5.18. The van der Waals surface area contributed by atoms with Gasteiger partial charge < -0.3 is 30.5 Å². The molecule has 0 saturated heterocycles. The number of hydrogen-bond acceptors (Lipinski definition) is 9. The molecule has 1 aliphatic carbocycles. The summed E-state index contributed by atoms with van der Waals surface area (Å²) < 4.78 is 70.4. The number of hydrogen-bond donors (Lipinski definition) is 3. The van der Waals surface area contributed by atoms with Gasteiger partial charge in [0.05, 0.1) is 5.54 Å². The first kappa shape index (κ1) is 37.7. The molecular weight excluding hydrogens is 715 g/mol. The number of benzene rings is 3. The van der Waals surface area contributed by atoms with Crippen molar-refractivity contribution in [3.8, 4) is 6.01 Å². The van der Waals surface area contributed by atoms with E-state index >= 15 is 0 Å². The number of alkyl halides is 3. The van der Waals surface area contributed by atoms with E-state index in [0.717, 1.165) is 35.4 Å². The minimum absolute atomic E-state index is 0.00880. The molecule has 3 N–H and O–H groups in total. The van der Waals surface area contributed by atoms with Crippen LogP contribution < -0.4 is 20.7 Å². The minimum atomic E-state index is -4.62. The molecule has 52 heavy (non-hydrogen) atoms. The van der Waals surface area contributed by atoms with Gasteiger partial charge in [-0.3, -0.25) is 14.4 Å². The van der Waals surface area contributed by atoms with E-state index in [-0.39, 0.29) is 36.6 Å². The van der Waals surface area contributed by atoms with Gasteiger partial charge in [0.2, 0.25) is 11.9 Å². The number of aromatic nitrogens is 3. The van der Waals surface area contributed by atoms with E-state index < -0.39 is 47.8 Å². The van der Waals surface area contributed by atoms with E-state index in [9.17, 15) is 36.3 Å². The van der Waals surface area contributed by atoms with Gasteiger partial charge >= 0.3 is 24.0 Å². The van der Waals surface area contributed by atoms with Crippen LogP contribution in [0.15, 0.2) is 66.7 Å². The first-order chi connectivity index (χ1) is 24.6. The van der Waals surface area contributed by atoms with Crippen molar-refractivity contribution < 1.29 is 41.1 Å². The summed E-state index contributed by atoms with van der Waals surface area (Å²) in [5, 5.41) is 8.80. The molecule has 0 unspecified atom stereocenters. The summed E-state index contributed by atoms with van der Waals surface area (Å²) >= 11 is 6.02. The lowest BCUT2D eigenvalue weighted by atomic mass is 10.1. The number of carbonyl (C=O) groups is 3. The zero-order valence-corrected chi connectivity index (χ0v) is 28.5. The molecule has 274 valence electrons. The standard InChI is InChI=1S/C34H32ClF5N8O4/c1-47(14-3-15-48(2)29(51)27(49)41-26-17-23(36)16-24(37)18-26)28(50)20-4-10-25(11-5-20)42-30-43-31(45-32(44-30)52-19-34(38,39)40)46-33(12-13-33)21-6-8-22(35)9-7-21/h4-11,16-18H,3,12-15,19H2,1-2H3,(H,41,49)(H2,42,43,44,45,46). The van der Waals surface area contributed by atoms with Gasteiger partial charge in [-0.2, -0.15) is 28.1 Å². The molecule has 18 heteroatoms. The fraction of sp³-hybridized carbons (Fsp3) is 0.294. The Bertz CT molecular complexity index is 1910. The molecule has 0 aliphatic heterocycles. The molecule has 1 heterocycles. The van der Waals surface area contributed by atoms with Crippen LogP contribution in [0.4, 0.5) is 45.2 Å². The Hall–Kier alpha value is -5.58. The molecule has 0 radical (unpaired) electrons. The van der Waals surface area contributed by atoms with Crippen molar-refractivity contribution in [3.05, 3.63) is 94.5 Å². The average molecular weight is 747 g/mol. The molecule has 0 spiro atoms. The topological polar surface area (TPSA) is 142 Å². The van der Waals surface area contributed by atoms with Gasteiger partial charge in [-0.1, -0.05) is 23.7 Å². The monoisotopic (exact) mass is 746 g/mol. The maximum Gasteiger partial charge on any atom is 0.422 e. The molecule has 1 fully saturated rings. The highest BCUT2D eigenvalue weighted by Gasteiger charge is 2.45. The number of nitrogens with zero attached hydrogens (tertiary/aromatic N) is 5. The summed E-state index contributed by atoms with van der Waals surface area (Å²) in [4.78, 5) is 52.6. The van der Waals surface area contributed by atoms with Crippen molar-refractivity contribution in [1.29, 1.82) is 0 Å². The summed E-state index contributed by atoms with van der Waals surface area (Å²) in [5.74, 6) is -4.30. The predicted octanol–water partition coefficient (Wildman–Crippen LogP) is 6.15. The highest BCUT2D eigenvalue weighted by Crippen LogP contribution is 2.48. The number of rotatable bonds is 13. The molecule has 1 aliphatic rings. The lowest BCUT2D eigenvalue weighted by Gasteiger charge is -2.21. The van der Waals surface area contributed by atoms with E-state index in [4.69, 9.17) is 16.3 Å². The summed E-state index contributed by atoms with van der Waals surface area (Å²) in [6.45, 7) is -1.29. The number of nitrogens with one attached hydrogen (secondary N) is 3. The van der Waals surface area contributed by atoms with Gasteiger partial charge in [0.15, 0.2) is 6.61 Å². The quantitative estimate of drug-likeness (QED) is 0.109. The maximum absolute atomic E-state index is 13.4. The number of anilines is 4. The number of amides is 3. The second-order valence-corrected chi connectivity index (χ2v) is 12.4. The highest BCUT2D eigenvalue weighted by atomic mass is 35.5. The van der Waals surface area contributed by atoms with Crippen molar-refractivity contribution in [2.24, 2.45) is 0 Å². The zero-order valence-electron chi connectivity index (χ0n) is 27.7. The van der Waals surface area contributed by atoms with Crippen molar-refractivity contribution >= 4 is 52.6 Å². The largest absolute Gasteiger partial charge is 0.454 e. The molecule has 0 bridgehead atoms. The van der Waals surface area contributed by atoms with Crippen molar-refractivity contribution in [2.45, 2.75) is 31.0 Å². The molecule has 3 amide bonds. The maximum atomic E-state index is 13.4. The Balaban J connectivity index is 1.17. The van der Waals surface area contributed by atoms with Crippen LogP contribution in [-0.2, 0) is 15.1 Å². The Labute approximate surface area is 299 Å². The molecular formula is C34H32ClF5N8O4. The van der Waals surface area contributed by atoms with Crippen LogP contribution >= 0.6 is 11.6 Å². The summed E-state index contributed by atoms with van der Waals surface area (Å²) in [7, 11) is 2.93. The second-order valence-electron chi connectivity index (χ2n) is 12.0. The molecule has 4 aromatic rings. The van der Waals surface area contributed by atoms with Gasteiger partial charge in [0.1, 0.15) is 11.6 Å². The van der Waals surface area contributed by atoms with Crippen LogP contribution in [0.5, 0.6) is 6.01 Å². The molecule has 0 atom stereocenters. The zero-order chi connectivity index (χ0) is 37.6. The van der Waals surface area contributed by atoms with Crippen LogP contribution in [-0.4, -0.2) is 82.4 Å². The third kappa shape index (κ3) is 10.2. The van der Waals surface area contributed by atoms with Gasteiger partial charge in [-0.15, -0.1) is 0 Å². The van der Waals surface area contributed by atoms with Crippen LogP contribution in [0.25, 0.3) is 0 Å². The van der Waals surface area contributed by atoms with E-state index in [1.165, 1.54) is 24.1 Å². The fourth-order valence-electron chi connectivity index (χ4n) is 5.05. The molecule has 3 aromatic carbocycles. The number of likely N-dealkylation sites (N-methyl/N-ethyl adjacent to an activating group) is 1. The SMILES string of the molecule is CN(CCCN(C)C(=O)c1ccc(Nc2nc(NC3(c4ccc(Cl)cc4)CC3)nc(OCC(F)(F)F)n2)cc1)C(=O)C(=O)Nc1cc(F)cc(F)c1. The number of halogens is 6. The highest BCUT2D eigenvalue weighted by molar-refractivity contribution is 6.39.